The summed E-state index contributed by atoms with van der Waals surface area (Å²) >= 11 is 0. The molecule has 0 radical (unpaired) electrons. The number of benzene rings is 1. The highest BCUT2D eigenvalue weighted by Gasteiger charge is 2.39. The molecule has 21 heavy (non-hydrogen) atoms. The molecule has 4 heteroatoms. The number of carbonyl (C=O) groups is 1. The van der Waals surface area contributed by atoms with E-state index in [0.717, 1.165) is 36.9 Å². The number of carbonyl (C=O) groups excluding carboxylic acids is 1. The molecule has 4 nitrogen and oxygen atoms in total. The van der Waals surface area contributed by atoms with Crippen LogP contribution in [0.1, 0.15) is 49.9 Å². The average Bonchev–Trinajstić information content (AvgIpc) is 2.49. The van der Waals surface area contributed by atoms with Gasteiger partial charge in [0.1, 0.15) is 5.66 Å². The predicted octanol–water partition coefficient (Wildman–Crippen LogP) is 3.50. The number of hydrogen-bond acceptors (Lipinski definition) is 3. The predicted molar refractivity (Wildman–Crippen MR) is 85.5 cm³/mol. The average molecular weight is 290 g/mol. The number of para-hydroxylation sites is 1. The Morgan fingerprint density at radius 1 is 1.29 bits per heavy atom. The third-order valence-electron chi connectivity index (χ3n) is 4.15. The smallest absolute Gasteiger partial charge is 0.257 e. The highest BCUT2D eigenvalue weighted by Crippen LogP contribution is 2.34. The van der Waals surface area contributed by atoms with E-state index in [0.29, 0.717) is 13.2 Å². The van der Waals surface area contributed by atoms with Crippen molar-refractivity contribution in [2.75, 3.05) is 25.6 Å². The Morgan fingerprint density at radius 3 is 2.76 bits per heavy atom. The first-order valence-electron chi connectivity index (χ1n) is 7.80. The van der Waals surface area contributed by atoms with E-state index in [-0.39, 0.29) is 11.6 Å². The van der Waals surface area contributed by atoms with Crippen LogP contribution >= 0.6 is 0 Å². The Morgan fingerprint density at radius 2 is 2.05 bits per heavy atom. The van der Waals surface area contributed by atoms with E-state index >= 15 is 0 Å². The summed E-state index contributed by atoms with van der Waals surface area (Å²) < 4.78 is 5.13. The lowest BCUT2D eigenvalue weighted by molar-refractivity contribution is 0.0488. The molecule has 1 amide bonds. The summed E-state index contributed by atoms with van der Waals surface area (Å²) in [4.78, 5) is 14.8. The van der Waals surface area contributed by atoms with Crippen molar-refractivity contribution in [2.45, 2.75) is 45.2 Å². The highest BCUT2D eigenvalue weighted by molar-refractivity contribution is 6.02. The van der Waals surface area contributed by atoms with Gasteiger partial charge < -0.3 is 15.0 Å². The van der Waals surface area contributed by atoms with Gasteiger partial charge in [0.2, 0.25) is 0 Å². The maximum absolute atomic E-state index is 12.8. The fraction of sp³-hybridized carbons (Fsp3) is 0.588. The zero-order valence-electron chi connectivity index (χ0n) is 13.3. The van der Waals surface area contributed by atoms with Crippen molar-refractivity contribution < 1.29 is 9.53 Å². The summed E-state index contributed by atoms with van der Waals surface area (Å²) in [6, 6.07) is 7.78. The molecule has 2 rings (SSSR count). The van der Waals surface area contributed by atoms with E-state index in [1.54, 1.807) is 7.11 Å². The van der Waals surface area contributed by atoms with Gasteiger partial charge in [-0.3, -0.25) is 4.79 Å². The van der Waals surface area contributed by atoms with Crippen LogP contribution in [0.4, 0.5) is 5.69 Å². The molecule has 0 aliphatic carbocycles. The summed E-state index contributed by atoms with van der Waals surface area (Å²) in [5, 5.41) is 3.58. The van der Waals surface area contributed by atoms with Crippen LogP contribution in [0, 0.1) is 0 Å². The monoisotopic (exact) mass is 290 g/mol. The van der Waals surface area contributed by atoms with Crippen molar-refractivity contribution in [2.24, 2.45) is 0 Å². The van der Waals surface area contributed by atoms with Crippen molar-refractivity contribution in [3.05, 3.63) is 29.8 Å². The first kappa shape index (κ1) is 15.8. The third kappa shape index (κ3) is 3.38. The lowest BCUT2D eigenvalue weighted by atomic mass is 9.95. The van der Waals surface area contributed by atoms with Gasteiger partial charge in [0.05, 0.1) is 5.56 Å². The van der Waals surface area contributed by atoms with Gasteiger partial charge in [0.15, 0.2) is 0 Å². The van der Waals surface area contributed by atoms with E-state index in [1.165, 1.54) is 0 Å². The first-order chi connectivity index (χ1) is 10.1. The number of rotatable bonds is 7. The van der Waals surface area contributed by atoms with Crippen molar-refractivity contribution in [1.29, 1.82) is 0 Å². The molecule has 0 spiro atoms. The van der Waals surface area contributed by atoms with Crippen molar-refractivity contribution >= 4 is 11.6 Å². The molecule has 116 valence electrons. The maximum atomic E-state index is 12.8. The van der Waals surface area contributed by atoms with Gasteiger partial charge in [-0.15, -0.1) is 0 Å². The van der Waals surface area contributed by atoms with Gasteiger partial charge in [0.25, 0.3) is 5.91 Å². The molecule has 0 saturated carbocycles. The molecule has 1 aliphatic heterocycles. The van der Waals surface area contributed by atoms with Gasteiger partial charge in [-0.1, -0.05) is 25.5 Å². The lowest BCUT2D eigenvalue weighted by Gasteiger charge is -2.46. The normalized spacial score (nSPS) is 21.1. The summed E-state index contributed by atoms with van der Waals surface area (Å²) in [6.45, 7) is 5.70. The molecule has 1 heterocycles. The Kier molecular flexibility index (Phi) is 5.23. The largest absolute Gasteiger partial charge is 0.385 e. The zero-order valence-corrected chi connectivity index (χ0v) is 13.3. The number of ether oxygens (including phenoxy) is 1. The zero-order chi connectivity index (χ0) is 15.3. The van der Waals surface area contributed by atoms with Crippen LogP contribution in [-0.4, -0.2) is 36.7 Å². The molecular weight excluding hydrogens is 264 g/mol. The summed E-state index contributed by atoms with van der Waals surface area (Å²) in [5.41, 5.74) is 1.41. The molecule has 1 N–H and O–H groups in total. The lowest BCUT2D eigenvalue weighted by Crippen LogP contribution is -2.58. The molecule has 0 saturated heterocycles. The van der Waals surface area contributed by atoms with Gasteiger partial charge >= 0.3 is 0 Å². The summed E-state index contributed by atoms with van der Waals surface area (Å²) in [6.07, 6.45) is 4.03. The van der Waals surface area contributed by atoms with Gasteiger partial charge in [-0.2, -0.15) is 0 Å². The number of hydrogen-bond donors (Lipinski definition) is 1. The number of amides is 1. The minimum Gasteiger partial charge on any atom is -0.385 e. The SMILES string of the molecule is CCCCC1(C)Nc2ccccc2C(=O)N1CCCOC. The summed E-state index contributed by atoms with van der Waals surface area (Å²) in [5.74, 6) is 0.124. The second-order valence-corrected chi connectivity index (χ2v) is 5.85. The molecule has 0 fully saturated rings. The molecule has 1 unspecified atom stereocenters. The first-order valence-corrected chi connectivity index (χ1v) is 7.80. The molecule has 0 bridgehead atoms. The van der Waals surface area contributed by atoms with E-state index in [9.17, 15) is 4.79 Å². The highest BCUT2D eigenvalue weighted by atomic mass is 16.5. The Bertz CT molecular complexity index is 489. The fourth-order valence-electron chi connectivity index (χ4n) is 2.94. The van der Waals surface area contributed by atoms with E-state index < -0.39 is 0 Å². The van der Waals surface area contributed by atoms with E-state index in [4.69, 9.17) is 4.74 Å². The molecule has 1 aliphatic rings. The number of methoxy groups -OCH3 is 1. The standard InChI is InChI=1S/C17H26N2O2/c1-4-5-11-17(2)18-15-10-7-6-9-14(15)16(20)19(17)12-8-13-21-3/h6-7,9-10,18H,4-5,8,11-13H2,1-3H3. The van der Waals surface area contributed by atoms with Crippen molar-refractivity contribution in [1.82, 2.24) is 4.90 Å². The van der Waals surface area contributed by atoms with Crippen LogP contribution in [0.5, 0.6) is 0 Å². The van der Waals surface area contributed by atoms with Crippen LogP contribution in [0.25, 0.3) is 0 Å². The van der Waals surface area contributed by atoms with E-state index in [1.807, 2.05) is 29.2 Å². The molecule has 1 aromatic rings. The Balaban J connectivity index is 2.26. The van der Waals surface area contributed by atoms with Crippen LogP contribution in [0.15, 0.2) is 24.3 Å². The third-order valence-corrected chi connectivity index (χ3v) is 4.15. The van der Waals surface area contributed by atoms with Gasteiger partial charge in [0, 0.05) is 25.9 Å². The minimum atomic E-state index is -0.310. The topological polar surface area (TPSA) is 41.6 Å². The van der Waals surface area contributed by atoms with Crippen LogP contribution in [0.3, 0.4) is 0 Å². The quantitative estimate of drug-likeness (QED) is 0.781. The van der Waals surface area contributed by atoms with Crippen LogP contribution < -0.4 is 5.32 Å². The number of anilines is 1. The van der Waals surface area contributed by atoms with Gasteiger partial charge in [-0.05, 0) is 38.3 Å². The summed E-state index contributed by atoms with van der Waals surface area (Å²) in [7, 11) is 1.70. The second kappa shape index (κ2) is 6.94. The molecular formula is C17H26N2O2. The van der Waals surface area contributed by atoms with Crippen molar-refractivity contribution in [3.8, 4) is 0 Å². The van der Waals surface area contributed by atoms with Crippen LogP contribution in [-0.2, 0) is 4.74 Å². The molecule has 1 aromatic carbocycles. The number of fused-ring (bicyclic) bond motifs is 1. The Hall–Kier alpha value is -1.55. The van der Waals surface area contributed by atoms with E-state index in [2.05, 4.69) is 19.2 Å². The number of nitrogens with zero attached hydrogens (tertiary/aromatic N) is 1. The van der Waals surface area contributed by atoms with Gasteiger partial charge in [-0.25, -0.2) is 0 Å². The second-order valence-electron chi connectivity index (χ2n) is 5.85. The number of nitrogens with one attached hydrogen (secondary N) is 1. The fourth-order valence-corrected chi connectivity index (χ4v) is 2.94. The molecule has 0 aromatic heterocycles. The molecule has 1 atom stereocenters. The minimum absolute atomic E-state index is 0.124. The Labute approximate surface area is 127 Å². The maximum Gasteiger partial charge on any atom is 0.257 e. The number of unbranched alkanes of at least 4 members (excludes halogenated alkanes) is 1. The van der Waals surface area contributed by atoms with Crippen molar-refractivity contribution in [3.63, 3.8) is 0 Å². The van der Waals surface area contributed by atoms with Crippen LogP contribution in [0.2, 0.25) is 0 Å².